The lowest BCUT2D eigenvalue weighted by Crippen LogP contribution is -2.02. The average Bonchev–Trinajstić information content (AvgIpc) is 2.75. The maximum absolute atomic E-state index is 6.15. The summed E-state index contributed by atoms with van der Waals surface area (Å²) in [6.45, 7) is 8.39. The standard InChI is InChI=1S/C26H22O2/c1-3-16-27-24-18-20-11-6-8-14-22(20)25(26(24)28-17-4-2)23-15-9-12-19-10-5-7-13-21(19)23/h3-15,18H,1-2,16-17H2. The van der Waals surface area contributed by atoms with Crippen LogP contribution in [-0.4, -0.2) is 13.2 Å². The van der Waals surface area contributed by atoms with Crippen molar-refractivity contribution in [2.75, 3.05) is 13.2 Å². The van der Waals surface area contributed by atoms with Crippen molar-refractivity contribution < 1.29 is 9.47 Å². The lowest BCUT2D eigenvalue weighted by Gasteiger charge is -2.19. The minimum Gasteiger partial charge on any atom is -0.486 e. The van der Waals surface area contributed by atoms with Crippen LogP contribution in [0.2, 0.25) is 0 Å². The summed E-state index contributed by atoms with van der Waals surface area (Å²) in [5.74, 6) is 1.44. The van der Waals surface area contributed by atoms with Crippen molar-refractivity contribution in [3.8, 4) is 22.6 Å². The van der Waals surface area contributed by atoms with Gasteiger partial charge in [-0.05, 0) is 33.2 Å². The Morgan fingerprint density at radius 2 is 1.32 bits per heavy atom. The smallest absolute Gasteiger partial charge is 0.170 e. The third-order valence-corrected chi connectivity index (χ3v) is 4.73. The van der Waals surface area contributed by atoms with Gasteiger partial charge in [0.2, 0.25) is 0 Å². The highest BCUT2D eigenvalue weighted by Gasteiger charge is 2.19. The molecule has 0 bridgehead atoms. The fraction of sp³-hybridized carbons (Fsp3) is 0.0769. The van der Waals surface area contributed by atoms with Crippen molar-refractivity contribution in [3.63, 3.8) is 0 Å². The highest BCUT2D eigenvalue weighted by molar-refractivity contribution is 6.08. The van der Waals surface area contributed by atoms with Crippen LogP contribution in [-0.2, 0) is 0 Å². The summed E-state index contributed by atoms with van der Waals surface area (Å²) in [6.07, 6.45) is 3.49. The van der Waals surface area contributed by atoms with E-state index < -0.39 is 0 Å². The summed E-state index contributed by atoms with van der Waals surface area (Å²) in [7, 11) is 0. The molecule has 0 aromatic heterocycles. The van der Waals surface area contributed by atoms with Crippen LogP contribution in [0.4, 0.5) is 0 Å². The van der Waals surface area contributed by atoms with Crippen LogP contribution in [0, 0.1) is 0 Å². The average molecular weight is 366 g/mol. The zero-order valence-electron chi connectivity index (χ0n) is 15.7. The van der Waals surface area contributed by atoms with E-state index in [4.69, 9.17) is 9.47 Å². The highest BCUT2D eigenvalue weighted by atomic mass is 16.5. The first-order valence-electron chi connectivity index (χ1n) is 9.34. The van der Waals surface area contributed by atoms with Crippen molar-refractivity contribution in [1.82, 2.24) is 0 Å². The zero-order chi connectivity index (χ0) is 19.3. The maximum atomic E-state index is 6.15. The molecule has 0 aliphatic carbocycles. The number of fused-ring (bicyclic) bond motifs is 2. The van der Waals surface area contributed by atoms with Gasteiger partial charge in [0.25, 0.3) is 0 Å². The Balaban J connectivity index is 2.09. The van der Waals surface area contributed by atoms with E-state index in [-0.39, 0.29) is 0 Å². The van der Waals surface area contributed by atoms with E-state index in [0.717, 1.165) is 27.6 Å². The van der Waals surface area contributed by atoms with Gasteiger partial charge < -0.3 is 9.47 Å². The van der Waals surface area contributed by atoms with Crippen LogP contribution >= 0.6 is 0 Å². The molecule has 2 nitrogen and oxygen atoms in total. The van der Waals surface area contributed by atoms with Gasteiger partial charge in [-0.25, -0.2) is 0 Å². The van der Waals surface area contributed by atoms with E-state index >= 15 is 0 Å². The van der Waals surface area contributed by atoms with Crippen LogP contribution in [0.5, 0.6) is 11.5 Å². The second kappa shape index (κ2) is 8.01. The van der Waals surface area contributed by atoms with Crippen LogP contribution in [0.15, 0.2) is 98.1 Å². The molecule has 0 saturated heterocycles. The molecule has 138 valence electrons. The monoisotopic (exact) mass is 366 g/mol. The second-order valence-corrected chi connectivity index (χ2v) is 6.53. The normalized spacial score (nSPS) is 10.7. The van der Waals surface area contributed by atoms with E-state index in [1.807, 2.05) is 12.1 Å². The summed E-state index contributed by atoms with van der Waals surface area (Å²) in [6, 6.07) is 25.1. The minimum atomic E-state index is 0.403. The van der Waals surface area contributed by atoms with E-state index in [0.29, 0.717) is 19.0 Å². The maximum Gasteiger partial charge on any atom is 0.170 e. The van der Waals surface area contributed by atoms with Crippen molar-refractivity contribution in [2.24, 2.45) is 0 Å². The number of hydrogen-bond donors (Lipinski definition) is 0. The SMILES string of the molecule is C=CCOc1cc2ccccc2c(-c2cccc3ccccc23)c1OCC=C. The van der Waals surface area contributed by atoms with Crippen molar-refractivity contribution in [1.29, 1.82) is 0 Å². The number of rotatable bonds is 7. The third-order valence-electron chi connectivity index (χ3n) is 4.73. The fourth-order valence-corrected chi connectivity index (χ4v) is 3.56. The van der Waals surface area contributed by atoms with E-state index in [1.54, 1.807) is 12.2 Å². The molecule has 0 spiro atoms. The molecule has 0 radical (unpaired) electrons. The van der Waals surface area contributed by atoms with Crippen molar-refractivity contribution >= 4 is 21.5 Å². The molecule has 0 saturated carbocycles. The van der Waals surface area contributed by atoms with Gasteiger partial charge in [-0.15, -0.1) is 0 Å². The molecule has 28 heavy (non-hydrogen) atoms. The number of hydrogen-bond acceptors (Lipinski definition) is 2. The van der Waals surface area contributed by atoms with Crippen LogP contribution in [0.3, 0.4) is 0 Å². The molecule has 0 fully saturated rings. The Morgan fingerprint density at radius 3 is 2.11 bits per heavy atom. The van der Waals surface area contributed by atoms with Gasteiger partial charge >= 0.3 is 0 Å². The highest BCUT2D eigenvalue weighted by Crippen LogP contribution is 2.46. The van der Waals surface area contributed by atoms with E-state index in [1.165, 1.54) is 10.8 Å². The fourth-order valence-electron chi connectivity index (χ4n) is 3.56. The van der Waals surface area contributed by atoms with Crippen LogP contribution in [0.25, 0.3) is 32.7 Å². The van der Waals surface area contributed by atoms with E-state index in [9.17, 15) is 0 Å². The molecule has 0 aliphatic heterocycles. The van der Waals surface area contributed by atoms with Crippen LogP contribution < -0.4 is 9.47 Å². The second-order valence-electron chi connectivity index (χ2n) is 6.53. The lowest BCUT2D eigenvalue weighted by atomic mass is 9.92. The summed E-state index contributed by atoms with van der Waals surface area (Å²) in [5.41, 5.74) is 2.16. The molecule has 4 rings (SSSR count). The topological polar surface area (TPSA) is 18.5 Å². The molecule has 0 amide bonds. The van der Waals surface area contributed by atoms with Gasteiger partial charge in [0.1, 0.15) is 13.2 Å². The van der Waals surface area contributed by atoms with Gasteiger partial charge in [0, 0.05) is 5.56 Å². The van der Waals surface area contributed by atoms with Crippen LogP contribution in [0.1, 0.15) is 0 Å². The Morgan fingerprint density at radius 1 is 0.679 bits per heavy atom. The van der Waals surface area contributed by atoms with Gasteiger partial charge in [-0.1, -0.05) is 92.0 Å². The zero-order valence-corrected chi connectivity index (χ0v) is 15.7. The van der Waals surface area contributed by atoms with Gasteiger partial charge in [-0.3, -0.25) is 0 Å². The third kappa shape index (κ3) is 3.25. The number of ether oxygens (including phenoxy) is 2. The lowest BCUT2D eigenvalue weighted by molar-refractivity contribution is 0.310. The Bertz CT molecular complexity index is 1150. The minimum absolute atomic E-state index is 0.403. The quantitative estimate of drug-likeness (QED) is 0.335. The van der Waals surface area contributed by atoms with Gasteiger partial charge in [0.15, 0.2) is 11.5 Å². The molecular weight excluding hydrogens is 344 g/mol. The molecule has 4 aromatic rings. The number of benzene rings is 4. The summed E-state index contributed by atoms with van der Waals surface area (Å²) in [4.78, 5) is 0. The molecular formula is C26H22O2. The first kappa shape index (κ1) is 17.9. The Labute approximate surface area is 165 Å². The summed E-state index contributed by atoms with van der Waals surface area (Å²) < 4.78 is 12.1. The predicted molar refractivity (Wildman–Crippen MR) is 118 cm³/mol. The molecule has 0 heterocycles. The van der Waals surface area contributed by atoms with Crippen molar-refractivity contribution in [3.05, 3.63) is 98.1 Å². The predicted octanol–water partition coefficient (Wildman–Crippen LogP) is 6.79. The largest absolute Gasteiger partial charge is 0.486 e. The molecule has 2 heteroatoms. The molecule has 0 aliphatic rings. The Kier molecular flexibility index (Phi) is 5.11. The van der Waals surface area contributed by atoms with E-state index in [2.05, 4.69) is 73.8 Å². The molecule has 0 atom stereocenters. The summed E-state index contributed by atoms with van der Waals surface area (Å²) >= 11 is 0. The van der Waals surface area contributed by atoms with Gasteiger partial charge in [0.05, 0.1) is 0 Å². The summed E-state index contributed by atoms with van der Waals surface area (Å²) in [5, 5.41) is 4.61. The Hall–Kier alpha value is -3.52. The van der Waals surface area contributed by atoms with Crippen molar-refractivity contribution in [2.45, 2.75) is 0 Å². The first-order valence-corrected chi connectivity index (χ1v) is 9.34. The molecule has 0 unspecified atom stereocenters. The van der Waals surface area contributed by atoms with Gasteiger partial charge in [-0.2, -0.15) is 0 Å². The first-order chi connectivity index (χ1) is 13.8. The molecule has 4 aromatic carbocycles. The molecule has 0 N–H and O–H groups in total.